The van der Waals surface area contributed by atoms with Crippen LogP contribution in [0.5, 0.6) is 0 Å². The van der Waals surface area contributed by atoms with E-state index < -0.39 is 0 Å². The summed E-state index contributed by atoms with van der Waals surface area (Å²) >= 11 is 3.07. The Kier molecular flexibility index (Phi) is 4.88. The van der Waals surface area contributed by atoms with Crippen molar-refractivity contribution in [3.63, 3.8) is 0 Å². The molecule has 1 fully saturated rings. The molecular weight excluding hydrogens is 324 g/mol. The van der Waals surface area contributed by atoms with E-state index >= 15 is 0 Å². The quantitative estimate of drug-likeness (QED) is 0.655. The number of carbonyl (C=O) groups excluding carboxylic acids is 1. The van der Waals surface area contributed by atoms with Crippen molar-refractivity contribution in [1.82, 2.24) is 5.32 Å². The number of para-hydroxylation sites is 1. The van der Waals surface area contributed by atoms with Crippen molar-refractivity contribution >= 4 is 46.4 Å². The normalized spacial score (nSPS) is 17.7. The number of thioether (sulfide) groups is 2. The molecule has 1 amide bonds. The molecule has 23 heavy (non-hydrogen) atoms. The summed E-state index contributed by atoms with van der Waals surface area (Å²) in [7, 11) is 0. The molecule has 1 saturated heterocycles. The highest BCUT2D eigenvalue weighted by Crippen LogP contribution is 2.29. The molecule has 0 aliphatic carbocycles. The zero-order valence-corrected chi connectivity index (χ0v) is 14.5. The van der Waals surface area contributed by atoms with E-state index in [1.54, 1.807) is 11.8 Å². The number of nitrogens with one attached hydrogen (secondary N) is 1. The van der Waals surface area contributed by atoms with Crippen molar-refractivity contribution in [2.45, 2.75) is 11.8 Å². The van der Waals surface area contributed by atoms with Crippen molar-refractivity contribution in [3.8, 4) is 0 Å². The van der Waals surface area contributed by atoms with E-state index in [2.05, 4.69) is 22.4 Å². The number of hydrogen-bond donors (Lipinski definition) is 1. The molecule has 0 unspecified atom stereocenters. The fourth-order valence-corrected chi connectivity index (χ4v) is 3.37. The van der Waals surface area contributed by atoms with Crippen LogP contribution in [0.25, 0.3) is 6.08 Å². The Morgan fingerprint density at radius 1 is 1.13 bits per heavy atom. The maximum Gasteiger partial charge on any atom is 0.264 e. The molecule has 1 aliphatic rings. The number of hydrogen-bond acceptors (Lipinski definition) is 4. The Bertz CT molecular complexity index is 795. The third kappa shape index (κ3) is 3.86. The highest BCUT2D eigenvalue weighted by Gasteiger charge is 2.23. The molecule has 0 saturated carbocycles. The molecule has 0 aromatic heterocycles. The molecule has 0 atom stereocenters. The minimum atomic E-state index is -0.101. The lowest BCUT2D eigenvalue weighted by Gasteiger charge is -1.99. The fraction of sp³-hybridized carbons (Fsp3) is 0.111. The fourth-order valence-electron chi connectivity index (χ4n) is 2.13. The van der Waals surface area contributed by atoms with Crippen LogP contribution in [0.3, 0.4) is 0 Å². The van der Waals surface area contributed by atoms with Crippen LogP contribution in [0, 0.1) is 6.92 Å². The molecule has 0 radical (unpaired) electrons. The van der Waals surface area contributed by atoms with Crippen LogP contribution in [-0.4, -0.2) is 17.3 Å². The summed E-state index contributed by atoms with van der Waals surface area (Å²) in [5.41, 5.74) is 2.97. The smallest absolute Gasteiger partial charge is 0.264 e. The molecule has 2 aromatic carbocycles. The molecule has 116 valence electrons. The number of benzene rings is 2. The van der Waals surface area contributed by atoms with Crippen molar-refractivity contribution < 1.29 is 4.79 Å². The number of carbonyl (C=O) groups is 1. The van der Waals surface area contributed by atoms with Gasteiger partial charge in [-0.05, 0) is 60.3 Å². The van der Waals surface area contributed by atoms with Gasteiger partial charge >= 0.3 is 0 Å². The lowest BCUT2D eigenvalue weighted by atomic mass is 10.2. The monoisotopic (exact) mass is 340 g/mol. The van der Waals surface area contributed by atoms with Gasteiger partial charge in [0.25, 0.3) is 5.91 Å². The summed E-state index contributed by atoms with van der Waals surface area (Å²) in [4.78, 5) is 18.5. The van der Waals surface area contributed by atoms with Gasteiger partial charge in [-0.3, -0.25) is 4.79 Å². The Morgan fingerprint density at radius 3 is 2.57 bits per heavy atom. The number of aryl methyl sites for hydroxylation is 1. The van der Waals surface area contributed by atoms with Crippen LogP contribution in [0.15, 0.2) is 63.3 Å². The second-order valence-corrected chi connectivity index (χ2v) is 6.95. The minimum Gasteiger partial charge on any atom is -0.300 e. The van der Waals surface area contributed by atoms with Crippen LogP contribution in [0.1, 0.15) is 11.1 Å². The second-order valence-electron chi connectivity index (χ2n) is 5.04. The van der Waals surface area contributed by atoms with Gasteiger partial charge in [0.15, 0.2) is 5.17 Å². The first-order valence-electron chi connectivity index (χ1n) is 7.15. The number of rotatable bonds is 3. The molecular formula is C18H16N2OS2. The van der Waals surface area contributed by atoms with E-state index in [-0.39, 0.29) is 5.91 Å². The van der Waals surface area contributed by atoms with Crippen molar-refractivity contribution in [3.05, 3.63) is 64.6 Å². The first kappa shape index (κ1) is 15.9. The van der Waals surface area contributed by atoms with E-state index in [4.69, 9.17) is 0 Å². The summed E-state index contributed by atoms with van der Waals surface area (Å²) in [5, 5.41) is 3.45. The van der Waals surface area contributed by atoms with Gasteiger partial charge < -0.3 is 5.32 Å². The molecule has 1 N–H and O–H groups in total. The topological polar surface area (TPSA) is 41.5 Å². The van der Waals surface area contributed by atoms with E-state index in [1.165, 1.54) is 16.7 Å². The van der Waals surface area contributed by atoms with Crippen molar-refractivity contribution in [2.24, 2.45) is 4.99 Å². The largest absolute Gasteiger partial charge is 0.300 e. The third-order valence-electron chi connectivity index (χ3n) is 3.40. The number of aliphatic imine (C=N–C) groups is 1. The molecule has 1 aliphatic heterocycles. The summed E-state index contributed by atoms with van der Waals surface area (Å²) in [6.07, 6.45) is 3.94. The van der Waals surface area contributed by atoms with Gasteiger partial charge in [0.1, 0.15) is 0 Å². The van der Waals surface area contributed by atoms with Gasteiger partial charge in [-0.25, -0.2) is 4.99 Å². The third-order valence-corrected chi connectivity index (χ3v) is 5.06. The van der Waals surface area contributed by atoms with E-state index in [0.29, 0.717) is 10.1 Å². The Morgan fingerprint density at radius 2 is 1.87 bits per heavy atom. The van der Waals surface area contributed by atoms with Gasteiger partial charge in [0, 0.05) is 4.90 Å². The van der Waals surface area contributed by atoms with Gasteiger partial charge in [-0.15, -0.1) is 11.8 Å². The van der Waals surface area contributed by atoms with Gasteiger partial charge in [0.2, 0.25) is 0 Å². The van der Waals surface area contributed by atoms with E-state index in [9.17, 15) is 4.79 Å². The first-order chi connectivity index (χ1) is 11.2. The Labute approximate surface area is 144 Å². The van der Waals surface area contributed by atoms with Crippen molar-refractivity contribution in [2.75, 3.05) is 6.26 Å². The van der Waals surface area contributed by atoms with Crippen LogP contribution < -0.4 is 5.32 Å². The minimum absolute atomic E-state index is 0.101. The van der Waals surface area contributed by atoms with Crippen LogP contribution >= 0.6 is 23.5 Å². The SMILES string of the molecule is CSc1ccc(/C=C2\SC(=Nc3ccccc3C)NC2=O)cc1. The summed E-state index contributed by atoms with van der Waals surface area (Å²) < 4.78 is 0. The standard InChI is InChI=1S/C18H16N2OS2/c1-12-5-3-4-6-15(12)19-18-20-17(21)16(23-18)11-13-7-9-14(22-2)10-8-13/h3-11H,1-2H3,(H,19,20,21)/b16-11-. The Hall–Kier alpha value is -1.98. The summed E-state index contributed by atoms with van der Waals surface area (Å²) in [6.45, 7) is 2.00. The lowest BCUT2D eigenvalue weighted by Crippen LogP contribution is -2.19. The molecule has 0 spiro atoms. The van der Waals surface area contributed by atoms with Gasteiger partial charge in [0.05, 0.1) is 10.6 Å². The highest BCUT2D eigenvalue weighted by molar-refractivity contribution is 8.18. The molecule has 0 bridgehead atoms. The molecule has 5 heteroatoms. The average molecular weight is 340 g/mol. The predicted octanol–water partition coefficient (Wildman–Crippen LogP) is 4.61. The van der Waals surface area contributed by atoms with E-state index in [0.717, 1.165) is 16.8 Å². The maximum atomic E-state index is 12.1. The Balaban J connectivity index is 1.82. The molecule has 3 rings (SSSR count). The van der Waals surface area contributed by atoms with Crippen LogP contribution in [0.2, 0.25) is 0 Å². The predicted molar refractivity (Wildman–Crippen MR) is 100 cm³/mol. The van der Waals surface area contributed by atoms with Crippen molar-refractivity contribution in [1.29, 1.82) is 0 Å². The molecule has 2 aromatic rings. The molecule has 3 nitrogen and oxygen atoms in total. The highest BCUT2D eigenvalue weighted by atomic mass is 32.2. The zero-order chi connectivity index (χ0) is 16.2. The number of amidine groups is 1. The van der Waals surface area contributed by atoms with Gasteiger partial charge in [-0.2, -0.15) is 0 Å². The number of amides is 1. The maximum absolute atomic E-state index is 12.1. The van der Waals surface area contributed by atoms with Gasteiger partial charge in [-0.1, -0.05) is 30.3 Å². The zero-order valence-electron chi connectivity index (χ0n) is 12.9. The van der Waals surface area contributed by atoms with Crippen LogP contribution in [0.4, 0.5) is 5.69 Å². The second kappa shape index (κ2) is 7.06. The summed E-state index contributed by atoms with van der Waals surface area (Å²) in [6, 6.07) is 16.0. The average Bonchev–Trinajstić information content (AvgIpc) is 2.90. The lowest BCUT2D eigenvalue weighted by molar-refractivity contribution is -0.115. The van der Waals surface area contributed by atoms with E-state index in [1.807, 2.05) is 55.7 Å². The van der Waals surface area contributed by atoms with Crippen LogP contribution in [-0.2, 0) is 4.79 Å². The number of nitrogens with zero attached hydrogens (tertiary/aromatic N) is 1. The first-order valence-corrected chi connectivity index (χ1v) is 9.19. The molecule has 1 heterocycles. The summed E-state index contributed by atoms with van der Waals surface area (Å²) in [5.74, 6) is -0.101.